The lowest BCUT2D eigenvalue weighted by Gasteiger charge is -2.20. The minimum absolute atomic E-state index is 0.0599. The van der Waals surface area contributed by atoms with Crippen LogP contribution in [-0.4, -0.2) is 24.7 Å². The Morgan fingerprint density at radius 3 is 2.68 bits per heavy atom. The summed E-state index contributed by atoms with van der Waals surface area (Å²) in [6, 6.07) is 4.15. The number of carbonyl (C=O) groups is 1. The second-order valence-corrected chi connectivity index (χ2v) is 6.75. The van der Waals surface area contributed by atoms with Gasteiger partial charge in [0, 0.05) is 12.6 Å². The Balaban J connectivity index is 1.90. The highest BCUT2D eigenvalue weighted by Gasteiger charge is 2.32. The van der Waals surface area contributed by atoms with Crippen LogP contribution in [0, 0.1) is 5.92 Å². The summed E-state index contributed by atoms with van der Waals surface area (Å²) in [6.45, 7) is 0.516. The maximum absolute atomic E-state index is 11.1. The van der Waals surface area contributed by atoms with Gasteiger partial charge in [-0.3, -0.25) is 4.79 Å². The van der Waals surface area contributed by atoms with E-state index in [2.05, 4.69) is 11.4 Å². The summed E-state index contributed by atoms with van der Waals surface area (Å²) < 4.78 is 5.52. The Hall–Kier alpha value is -1.26. The van der Waals surface area contributed by atoms with Gasteiger partial charge in [-0.2, -0.15) is 0 Å². The predicted octanol–water partition coefficient (Wildman–Crippen LogP) is 3.74. The number of rotatable bonds is 4. The number of ether oxygens (including phenoxy) is 1. The third-order valence-electron chi connectivity index (χ3n) is 4.98. The van der Waals surface area contributed by atoms with Crippen molar-refractivity contribution >= 4 is 17.6 Å². The quantitative estimate of drug-likeness (QED) is 0.886. The highest BCUT2D eigenvalue weighted by molar-refractivity contribution is 6.32. The maximum atomic E-state index is 11.1. The number of benzene rings is 1. The second-order valence-electron chi connectivity index (χ2n) is 6.34. The summed E-state index contributed by atoms with van der Waals surface area (Å²) in [5.74, 6) is 0.237. The van der Waals surface area contributed by atoms with Crippen LogP contribution in [-0.2, 0) is 4.79 Å². The number of hydrogen-bond acceptors (Lipinski definition) is 3. The molecule has 2 fully saturated rings. The first-order chi connectivity index (χ1) is 10.6. The molecular weight excluding hydrogens is 302 g/mol. The number of halogens is 1. The Kier molecular flexibility index (Phi) is 4.59. The Bertz CT molecular complexity index is 569. The average Bonchev–Trinajstić information content (AvgIpc) is 3.18. The van der Waals surface area contributed by atoms with Crippen molar-refractivity contribution in [2.45, 2.75) is 44.1 Å². The molecule has 0 amide bonds. The molecule has 1 aliphatic carbocycles. The molecule has 2 unspecified atom stereocenters. The summed E-state index contributed by atoms with van der Waals surface area (Å²) in [5.41, 5.74) is 2.26. The van der Waals surface area contributed by atoms with Crippen LogP contribution in [0.1, 0.15) is 55.2 Å². The third-order valence-corrected chi connectivity index (χ3v) is 5.26. The van der Waals surface area contributed by atoms with Gasteiger partial charge in [0.1, 0.15) is 5.75 Å². The molecule has 5 heteroatoms. The molecule has 2 atom stereocenters. The smallest absolute Gasteiger partial charge is 0.307 e. The first-order valence-electron chi connectivity index (χ1n) is 7.93. The first kappa shape index (κ1) is 15.6. The maximum Gasteiger partial charge on any atom is 0.307 e. The summed E-state index contributed by atoms with van der Waals surface area (Å²) >= 11 is 6.42. The molecule has 1 aromatic rings. The molecule has 1 saturated heterocycles. The van der Waals surface area contributed by atoms with Crippen molar-refractivity contribution in [3.63, 3.8) is 0 Å². The molecule has 1 aromatic carbocycles. The van der Waals surface area contributed by atoms with E-state index in [0.717, 1.165) is 11.3 Å². The topological polar surface area (TPSA) is 58.6 Å². The van der Waals surface area contributed by atoms with Crippen molar-refractivity contribution in [2.24, 2.45) is 5.92 Å². The molecule has 0 aromatic heterocycles. The fraction of sp³-hybridized carbons (Fsp3) is 0.588. The van der Waals surface area contributed by atoms with Gasteiger partial charge in [-0.1, -0.05) is 30.5 Å². The lowest BCUT2D eigenvalue weighted by molar-refractivity contribution is -0.141. The van der Waals surface area contributed by atoms with Crippen LogP contribution in [0.3, 0.4) is 0 Å². The Labute approximate surface area is 135 Å². The van der Waals surface area contributed by atoms with E-state index in [1.54, 1.807) is 7.11 Å². The average molecular weight is 324 g/mol. The van der Waals surface area contributed by atoms with Gasteiger partial charge < -0.3 is 15.2 Å². The Morgan fingerprint density at radius 2 is 2.09 bits per heavy atom. The summed E-state index contributed by atoms with van der Waals surface area (Å²) in [6.07, 6.45) is 5.46. The minimum Gasteiger partial charge on any atom is -0.495 e. The van der Waals surface area contributed by atoms with Gasteiger partial charge >= 0.3 is 5.97 Å². The van der Waals surface area contributed by atoms with Crippen molar-refractivity contribution in [3.05, 3.63) is 28.3 Å². The molecule has 4 nitrogen and oxygen atoms in total. The molecule has 0 radical (unpaired) electrons. The molecular formula is C17H22ClNO3. The molecule has 2 N–H and O–H groups in total. The predicted molar refractivity (Wildman–Crippen MR) is 85.7 cm³/mol. The van der Waals surface area contributed by atoms with Gasteiger partial charge in [0.25, 0.3) is 0 Å². The minimum atomic E-state index is -0.731. The van der Waals surface area contributed by atoms with E-state index in [0.29, 0.717) is 23.9 Å². The van der Waals surface area contributed by atoms with Gasteiger partial charge in [-0.15, -0.1) is 0 Å². The lowest BCUT2D eigenvalue weighted by atomic mass is 9.91. The van der Waals surface area contributed by atoms with Crippen LogP contribution >= 0.6 is 11.6 Å². The van der Waals surface area contributed by atoms with E-state index in [4.69, 9.17) is 21.4 Å². The van der Waals surface area contributed by atoms with E-state index < -0.39 is 5.97 Å². The zero-order chi connectivity index (χ0) is 15.7. The Morgan fingerprint density at radius 1 is 1.36 bits per heavy atom. The van der Waals surface area contributed by atoms with Crippen LogP contribution in [0.15, 0.2) is 12.1 Å². The number of aliphatic carboxylic acids is 1. The summed E-state index contributed by atoms with van der Waals surface area (Å²) in [5, 5.41) is 13.1. The first-order valence-corrected chi connectivity index (χ1v) is 8.31. The van der Waals surface area contributed by atoms with Crippen molar-refractivity contribution < 1.29 is 14.6 Å². The van der Waals surface area contributed by atoms with Crippen molar-refractivity contribution in [2.75, 3.05) is 13.7 Å². The molecule has 3 rings (SSSR count). The van der Waals surface area contributed by atoms with Gasteiger partial charge in [0.15, 0.2) is 0 Å². The zero-order valence-corrected chi connectivity index (χ0v) is 13.5. The van der Waals surface area contributed by atoms with Crippen LogP contribution in [0.25, 0.3) is 0 Å². The van der Waals surface area contributed by atoms with Gasteiger partial charge in [-0.05, 0) is 42.4 Å². The van der Waals surface area contributed by atoms with Gasteiger partial charge in [-0.25, -0.2) is 0 Å². The standard InChI is InChI=1S/C17H22ClNO3/c1-22-16-13(10-4-2-3-5-10)6-11(7-14(16)18)15-8-12(9-19-15)17(20)21/h6-7,10,12,15,19H,2-5,8-9H2,1H3,(H,20,21). The van der Waals surface area contributed by atoms with Gasteiger partial charge in [0.05, 0.1) is 18.1 Å². The summed E-state index contributed by atoms with van der Waals surface area (Å²) in [7, 11) is 1.66. The second kappa shape index (κ2) is 6.47. The molecule has 0 spiro atoms. The molecule has 1 aliphatic heterocycles. The number of carboxylic acid groups (broad SMARTS) is 1. The number of methoxy groups -OCH3 is 1. The normalized spacial score (nSPS) is 25.5. The lowest BCUT2D eigenvalue weighted by Crippen LogP contribution is -2.17. The van der Waals surface area contributed by atoms with E-state index in [1.807, 2.05) is 6.07 Å². The third kappa shape index (κ3) is 2.95. The van der Waals surface area contributed by atoms with Crippen molar-refractivity contribution in [1.29, 1.82) is 0 Å². The van der Waals surface area contributed by atoms with E-state index >= 15 is 0 Å². The summed E-state index contributed by atoms with van der Waals surface area (Å²) in [4.78, 5) is 11.1. The van der Waals surface area contributed by atoms with E-state index in [9.17, 15) is 4.79 Å². The van der Waals surface area contributed by atoms with E-state index in [1.165, 1.54) is 31.2 Å². The number of nitrogens with one attached hydrogen (secondary N) is 1. The highest BCUT2D eigenvalue weighted by atomic mass is 35.5. The molecule has 120 valence electrons. The molecule has 1 heterocycles. The largest absolute Gasteiger partial charge is 0.495 e. The molecule has 0 bridgehead atoms. The van der Waals surface area contributed by atoms with Gasteiger partial charge in [0.2, 0.25) is 0 Å². The highest BCUT2D eigenvalue weighted by Crippen LogP contribution is 2.44. The fourth-order valence-electron chi connectivity index (χ4n) is 3.77. The molecule has 1 saturated carbocycles. The van der Waals surface area contributed by atoms with Crippen LogP contribution in [0.4, 0.5) is 0 Å². The number of hydrogen-bond donors (Lipinski definition) is 2. The zero-order valence-electron chi connectivity index (χ0n) is 12.8. The monoisotopic (exact) mass is 323 g/mol. The van der Waals surface area contributed by atoms with Crippen molar-refractivity contribution in [1.82, 2.24) is 5.32 Å². The molecule has 22 heavy (non-hydrogen) atoms. The van der Waals surface area contributed by atoms with E-state index in [-0.39, 0.29) is 12.0 Å². The molecule has 2 aliphatic rings. The number of carboxylic acids is 1. The van der Waals surface area contributed by atoms with Crippen molar-refractivity contribution in [3.8, 4) is 5.75 Å². The fourth-order valence-corrected chi connectivity index (χ4v) is 4.08. The van der Waals surface area contributed by atoms with Crippen LogP contribution in [0.2, 0.25) is 5.02 Å². The van der Waals surface area contributed by atoms with Crippen LogP contribution < -0.4 is 10.1 Å². The SMILES string of the molecule is COc1c(Cl)cc(C2CC(C(=O)O)CN2)cc1C1CCCC1. The van der Waals surface area contributed by atoms with Crippen LogP contribution in [0.5, 0.6) is 5.75 Å².